The van der Waals surface area contributed by atoms with Crippen LogP contribution in [0.25, 0.3) is 27.6 Å². The van der Waals surface area contributed by atoms with Gasteiger partial charge >= 0.3 is 0 Å². The molecule has 0 radical (unpaired) electrons. The largest absolute Gasteiger partial charge is 0.192 e. The standard InChI is InChI=1S/C14H8ClN5/c15-13-9-5-1-2-6-10(9)14(18-17-13)20-12-8-4-3-7-11(12)16-19-20/h1-8H. The van der Waals surface area contributed by atoms with Crippen LogP contribution in [0.1, 0.15) is 0 Å². The summed E-state index contributed by atoms with van der Waals surface area (Å²) in [6, 6.07) is 15.4. The maximum atomic E-state index is 6.09. The highest BCUT2D eigenvalue weighted by Gasteiger charge is 2.12. The molecular weight excluding hydrogens is 274 g/mol. The minimum atomic E-state index is 0.383. The van der Waals surface area contributed by atoms with Gasteiger partial charge in [0.1, 0.15) is 5.52 Å². The molecule has 0 spiro atoms. The van der Waals surface area contributed by atoms with Crippen molar-refractivity contribution in [3.05, 3.63) is 53.7 Å². The Morgan fingerprint density at radius 2 is 1.55 bits per heavy atom. The lowest BCUT2D eigenvalue weighted by atomic mass is 10.2. The number of para-hydroxylation sites is 1. The van der Waals surface area contributed by atoms with Crippen molar-refractivity contribution in [2.24, 2.45) is 0 Å². The van der Waals surface area contributed by atoms with Crippen LogP contribution in [0, 0.1) is 0 Å². The third-order valence-corrected chi connectivity index (χ3v) is 3.45. The van der Waals surface area contributed by atoms with Gasteiger partial charge in [0.25, 0.3) is 0 Å². The molecule has 6 heteroatoms. The van der Waals surface area contributed by atoms with Gasteiger partial charge in [0.15, 0.2) is 11.0 Å². The average Bonchev–Trinajstić information content (AvgIpc) is 2.92. The first-order valence-electron chi connectivity index (χ1n) is 6.06. The lowest BCUT2D eigenvalue weighted by molar-refractivity contribution is 0.789. The molecular formula is C14H8ClN5. The Balaban J connectivity index is 2.10. The van der Waals surface area contributed by atoms with E-state index in [9.17, 15) is 0 Å². The fourth-order valence-corrected chi connectivity index (χ4v) is 2.44. The second-order valence-corrected chi connectivity index (χ2v) is 4.71. The molecule has 0 aliphatic rings. The first kappa shape index (κ1) is 11.3. The summed E-state index contributed by atoms with van der Waals surface area (Å²) >= 11 is 6.09. The highest BCUT2D eigenvalue weighted by Crippen LogP contribution is 2.26. The van der Waals surface area contributed by atoms with Crippen molar-refractivity contribution in [1.29, 1.82) is 0 Å². The number of benzene rings is 2. The van der Waals surface area contributed by atoms with Gasteiger partial charge in [-0.2, -0.15) is 4.68 Å². The number of hydrogen-bond acceptors (Lipinski definition) is 4. The van der Waals surface area contributed by atoms with Gasteiger partial charge in [0.05, 0.1) is 5.52 Å². The molecule has 5 nitrogen and oxygen atoms in total. The van der Waals surface area contributed by atoms with Crippen LogP contribution in [0.15, 0.2) is 48.5 Å². The quantitative estimate of drug-likeness (QED) is 0.538. The van der Waals surface area contributed by atoms with Crippen molar-refractivity contribution in [1.82, 2.24) is 25.2 Å². The molecule has 0 atom stereocenters. The van der Waals surface area contributed by atoms with Crippen LogP contribution < -0.4 is 0 Å². The second-order valence-electron chi connectivity index (χ2n) is 4.35. The fraction of sp³-hybridized carbons (Fsp3) is 0. The molecule has 0 aliphatic carbocycles. The Hall–Kier alpha value is -2.53. The fourth-order valence-electron chi connectivity index (χ4n) is 2.24. The Morgan fingerprint density at radius 1 is 0.800 bits per heavy atom. The van der Waals surface area contributed by atoms with Crippen molar-refractivity contribution < 1.29 is 0 Å². The zero-order valence-electron chi connectivity index (χ0n) is 10.2. The van der Waals surface area contributed by atoms with E-state index in [1.54, 1.807) is 4.68 Å². The second kappa shape index (κ2) is 4.25. The topological polar surface area (TPSA) is 56.5 Å². The van der Waals surface area contributed by atoms with Crippen LogP contribution >= 0.6 is 11.6 Å². The third-order valence-electron chi connectivity index (χ3n) is 3.18. The van der Waals surface area contributed by atoms with E-state index in [1.165, 1.54) is 0 Å². The lowest BCUT2D eigenvalue weighted by Gasteiger charge is -2.05. The molecule has 2 aromatic carbocycles. The van der Waals surface area contributed by atoms with Gasteiger partial charge < -0.3 is 0 Å². The summed E-state index contributed by atoms with van der Waals surface area (Å²) in [5.41, 5.74) is 1.70. The van der Waals surface area contributed by atoms with Gasteiger partial charge in [-0.15, -0.1) is 15.3 Å². The van der Waals surface area contributed by atoms with Crippen molar-refractivity contribution in [2.45, 2.75) is 0 Å². The number of rotatable bonds is 1. The van der Waals surface area contributed by atoms with Crippen LogP contribution in [-0.2, 0) is 0 Å². The zero-order chi connectivity index (χ0) is 13.5. The van der Waals surface area contributed by atoms with Crippen molar-refractivity contribution in [3.8, 4) is 5.82 Å². The number of halogens is 1. The summed E-state index contributed by atoms with van der Waals surface area (Å²) in [5, 5.41) is 18.6. The van der Waals surface area contributed by atoms with E-state index in [-0.39, 0.29) is 0 Å². The van der Waals surface area contributed by atoms with Gasteiger partial charge in [-0.1, -0.05) is 53.2 Å². The number of fused-ring (bicyclic) bond motifs is 2. The Kier molecular flexibility index (Phi) is 2.40. The molecule has 0 amide bonds. The summed E-state index contributed by atoms with van der Waals surface area (Å²) in [7, 11) is 0. The summed E-state index contributed by atoms with van der Waals surface area (Å²) in [4.78, 5) is 0. The normalized spacial score (nSPS) is 11.2. The van der Waals surface area contributed by atoms with E-state index in [4.69, 9.17) is 11.6 Å². The van der Waals surface area contributed by atoms with Crippen molar-refractivity contribution in [3.63, 3.8) is 0 Å². The first-order valence-corrected chi connectivity index (χ1v) is 6.44. The van der Waals surface area contributed by atoms with Gasteiger partial charge in [0, 0.05) is 10.8 Å². The highest BCUT2D eigenvalue weighted by molar-refractivity contribution is 6.34. The molecule has 0 fully saturated rings. The van der Waals surface area contributed by atoms with Crippen molar-refractivity contribution in [2.75, 3.05) is 0 Å². The molecule has 4 aromatic rings. The van der Waals surface area contributed by atoms with Gasteiger partial charge in [0.2, 0.25) is 0 Å². The predicted molar refractivity (Wildman–Crippen MR) is 77.0 cm³/mol. The smallest absolute Gasteiger partial charge is 0.186 e. The molecule has 0 unspecified atom stereocenters. The Labute approximate surface area is 118 Å². The number of nitrogens with zero attached hydrogens (tertiary/aromatic N) is 5. The predicted octanol–water partition coefficient (Wildman–Crippen LogP) is 3.02. The molecule has 0 aliphatic heterocycles. The maximum Gasteiger partial charge on any atom is 0.186 e. The average molecular weight is 282 g/mol. The molecule has 0 saturated carbocycles. The minimum Gasteiger partial charge on any atom is -0.192 e. The van der Waals surface area contributed by atoms with Crippen LogP contribution in [-0.4, -0.2) is 25.2 Å². The van der Waals surface area contributed by atoms with Crippen LogP contribution in [0.2, 0.25) is 5.15 Å². The summed E-state index contributed by atoms with van der Waals surface area (Å²) < 4.78 is 1.68. The monoisotopic (exact) mass is 281 g/mol. The minimum absolute atomic E-state index is 0.383. The van der Waals surface area contributed by atoms with E-state index < -0.39 is 0 Å². The van der Waals surface area contributed by atoms with E-state index in [0.29, 0.717) is 11.0 Å². The number of hydrogen-bond donors (Lipinski definition) is 0. The molecule has 20 heavy (non-hydrogen) atoms. The van der Waals surface area contributed by atoms with E-state index in [1.807, 2.05) is 48.5 Å². The summed E-state index contributed by atoms with van der Waals surface area (Å²) in [6.45, 7) is 0. The van der Waals surface area contributed by atoms with E-state index in [0.717, 1.165) is 21.8 Å². The molecule has 0 N–H and O–H groups in total. The van der Waals surface area contributed by atoms with Gasteiger partial charge in [-0.25, -0.2) is 0 Å². The molecule has 0 saturated heterocycles. The number of aromatic nitrogens is 5. The summed E-state index contributed by atoms with van der Waals surface area (Å²) in [5.74, 6) is 0.624. The molecule has 4 rings (SSSR count). The molecule has 2 aromatic heterocycles. The lowest BCUT2D eigenvalue weighted by Crippen LogP contribution is -2.03. The molecule has 96 valence electrons. The molecule has 2 heterocycles. The molecule has 0 bridgehead atoms. The van der Waals surface area contributed by atoms with Crippen LogP contribution in [0.5, 0.6) is 0 Å². The maximum absolute atomic E-state index is 6.09. The van der Waals surface area contributed by atoms with Crippen LogP contribution in [0.3, 0.4) is 0 Å². The van der Waals surface area contributed by atoms with E-state index >= 15 is 0 Å². The van der Waals surface area contributed by atoms with Crippen LogP contribution in [0.4, 0.5) is 0 Å². The Bertz CT molecular complexity index is 931. The zero-order valence-corrected chi connectivity index (χ0v) is 11.0. The van der Waals surface area contributed by atoms with Gasteiger partial charge in [-0.05, 0) is 12.1 Å². The highest BCUT2D eigenvalue weighted by atomic mass is 35.5. The van der Waals surface area contributed by atoms with E-state index in [2.05, 4.69) is 20.5 Å². The third kappa shape index (κ3) is 1.57. The summed E-state index contributed by atoms with van der Waals surface area (Å²) in [6.07, 6.45) is 0. The SMILES string of the molecule is Clc1nnc(-n2nnc3ccccc32)c2ccccc12. The van der Waals surface area contributed by atoms with Gasteiger partial charge in [-0.3, -0.25) is 0 Å². The Morgan fingerprint density at radius 3 is 2.45 bits per heavy atom. The van der Waals surface area contributed by atoms with Crippen molar-refractivity contribution >= 4 is 33.4 Å². The first-order chi connectivity index (χ1) is 9.84.